The Bertz CT molecular complexity index is 1180. The molecule has 0 radical (unpaired) electrons. The van der Waals surface area contributed by atoms with Crippen molar-refractivity contribution in [3.05, 3.63) is 60.2 Å². The van der Waals surface area contributed by atoms with E-state index in [0.717, 1.165) is 37.8 Å². The molecule has 3 aromatic rings. The second-order valence-corrected chi connectivity index (χ2v) is 9.67. The van der Waals surface area contributed by atoms with Gasteiger partial charge in [-0.2, -0.15) is 23.1 Å². The minimum Gasteiger partial charge on any atom is -0.383 e. The topological polar surface area (TPSA) is 106 Å². The highest BCUT2D eigenvalue weighted by atomic mass is 19.4. The van der Waals surface area contributed by atoms with Gasteiger partial charge in [-0.15, -0.1) is 0 Å². The summed E-state index contributed by atoms with van der Waals surface area (Å²) in [7, 11) is 1.61. The van der Waals surface area contributed by atoms with E-state index in [2.05, 4.69) is 30.9 Å². The predicted octanol–water partition coefficient (Wildman–Crippen LogP) is 4.81. The Morgan fingerprint density at radius 1 is 1.15 bits per heavy atom. The number of anilines is 2. The minimum atomic E-state index is -4.40. The fourth-order valence-corrected chi connectivity index (χ4v) is 4.67. The predicted molar refractivity (Wildman–Crippen MR) is 141 cm³/mol. The van der Waals surface area contributed by atoms with Gasteiger partial charge in [0.1, 0.15) is 24.0 Å². The Kier molecular flexibility index (Phi) is 9.74. The van der Waals surface area contributed by atoms with Gasteiger partial charge in [0.2, 0.25) is 11.9 Å². The van der Waals surface area contributed by atoms with Gasteiger partial charge in [0, 0.05) is 38.7 Å². The number of rotatable bonds is 12. The zero-order valence-electron chi connectivity index (χ0n) is 21.9. The summed E-state index contributed by atoms with van der Waals surface area (Å²) >= 11 is 0. The average molecular weight is 546 g/mol. The largest absolute Gasteiger partial charge is 0.416 e. The van der Waals surface area contributed by atoms with Crippen LogP contribution in [0.25, 0.3) is 5.82 Å². The Morgan fingerprint density at radius 3 is 2.59 bits per heavy atom. The van der Waals surface area contributed by atoms with Crippen molar-refractivity contribution in [2.24, 2.45) is 5.92 Å². The number of nitrogens with one attached hydrogen (secondary N) is 3. The van der Waals surface area contributed by atoms with Gasteiger partial charge in [-0.25, -0.2) is 4.98 Å². The number of carbonyl (C=O) groups is 1. The summed E-state index contributed by atoms with van der Waals surface area (Å²) in [6.45, 7) is 1.09. The number of ether oxygens (including phenoxy) is 1. The molecule has 1 fully saturated rings. The van der Waals surface area contributed by atoms with Gasteiger partial charge in [0.15, 0.2) is 0 Å². The summed E-state index contributed by atoms with van der Waals surface area (Å²) in [6.07, 6.45) is 6.84. The lowest BCUT2D eigenvalue weighted by molar-refractivity contribution is -0.137. The maximum atomic E-state index is 13.4. The number of halogens is 3. The first-order valence-electron chi connectivity index (χ1n) is 13.1. The van der Waals surface area contributed by atoms with Crippen LogP contribution in [0.5, 0.6) is 0 Å². The third kappa shape index (κ3) is 8.41. The summed E-state index contributed by atoms with van der Waals surface area (Å²) in [5.74, 6) is 1.58. The van der Waals surface area contributed by atoms with Gasteiger partial charge in [-0.05, 0) is 30.0 Å². The standard InChI is InChI=1S/C27H34F3N7O2/c1-39-14-12-32-26-35-23(16-24(36-26)37-13-11-31-18-37)34-22(15-19-5-3-2-4-6-19)25(38)33-17-20-7-9-21(10-8-20)27(28,29)30/h7-11,13,16,18-19,22H,2-6,12,14-15,17H2,1H3,(H,33,38)(H2,32,34,35,36). The number of benzene rings is 1. The second-order valence-electron chi connectivity index (χ2n) is 9.67. The molecule has 1 atom stereocenters. The lowest BCUT2D eigenvalue weighted by Crippen LogP contribution is -2.41. The van der Waals surface area contributed by atoms with E-state index >= 15 is 0 Å². The first-order chi connectivity index (χ1) is 18.8. The van der Waals surface area contributed by atoms with Gasteiger partial charge in [-0.1, -0.05) is 44.2 Å². The Labute approximate surface area is 225 Å². The summed E-state index contributed by atoms with van der Waals surface area (Å²) in [6, 6.07) is 5.98. The quantitative estimate of drug-likeness (QED) is 0.281. The molecule has 0 aliphatic heterocycles. The lowest BCUT2D eigenvalue weighted by Gasteiger charge is -2.27. The first kappa shape index (κ1) is 28.3. The normalized spacial score (nSPS) is 15.1. The van der Waals surface area contributed by atoms with E-state index in [9.17, 15) is 18.0 Å². The zero-order chi connectivity index (χ0) is 27.7. The van der Waals surface area contributed by atoms with E-state index in [1.54, 1.807) is 36.5 Å². The molecule has 2 aromatic heterocycles. The van der Waals surface area contributed by atoms with Gasteiger partial charge in [0.25, 0.3) is 0 Å². The summed E-state index contributed by atoms with van der Waals surface area (Å²) in [4.78, 5) is 26.6. The van der Waals surface area contributed by atoms with E-state index in [4.69, 9.17) is 4.74 Å². The molecule has 1 aromatic carbocycles. The maximum absolute atomic E-state index is 13.4. The van der Waals surface area contributed by atoms with Crippen molar-refractivity contribution in [3.63, 3.8) is 0 Å². The minimum absolute atomic E-state index is 0.119. The molecule has 0 spiro atoms. The smallest absolute Gasteiger partial charge is 0.383 e. The number of hydrogen-bond donors (Lipinski definition) is 3. The number of alkyl halides is 3. The van der Waals surface area contributed by atoms with Crippen molar-refractivity contribution in [2.45, 2.75) is 57.3 Å². The Balaban J connectivity index is 1.51. The fourth-order valence-electron chi connectivity index (χ4n) is 4.67. The van der Waals surface area contributed by atoms with Crippen molar-refractivity contribution < 1.29 is 22.7 Å². The molecule has 4 rings (SSSR count). The van der Waals surface area contributed by atoms with Gasteiger partial charge in [-0.3, -0.25) is 9.36 Å². The maximum Gasteiger partial charge on any atom is 0.416 e. The van der Waals surface area contributed by atoms with Crippen LogP contribution in [0.15, 0.2) is 49.1 Å². The van der Waals surface area contributed by atoms with E-state index in [-0.39, 0.29) is 12.5 Å². The van der Waals surface area contributed by atoms with Crippen LogP contribution in [0.1, 0.15) is 49.7 Å². The van der Waals surface area contributed by atoms with Crippen molar-refractivity contribution in [1.29, 1.82) is 0 Å². The molecular formula is C27H34F3N7O2. The highest BCUT2D eigenvalue weighted by Crippen LogP contribution is 2.30. The van der Waals surface area contributed by atoms with Gasteiger partial charge >= 0.3 is 6.18 Å². The number of hydrogen-bond acceptors (Lipinski definition) is 7. The molecule has 1 amide bonds. The highest BCUT2D eigenvalue weighted by molar-refractivity contribution is 5.84. The van der Waals surface area contributed by atoms with Crippen molar-refractivity contribution in [1.82, 2.24) is 24.8 Å². The molecule has 1 aliphatic rings. The van der Waals surface area contributed by atoms with Crippen LogP contribution in [0, 0.1) is 5.92 Å². The molecule has 1 unspecified atom stereocenters. The number of methoxy groups -OCH3 is 1. The highest BCUT2D eigenvalue weighted by Gasteiger charge is 2.30. The molecule has 1 saturated carbocycles. The molecule has 1 aliphatic carbocycles. The lowest BCUT2D eigenvalue weighted by atomic mass is 9.84. The molecular weight excluding hydrogens is 511 g/mol. The van der Waals surface area contributed by atoms with Crippen molar-refractivity contribution in [3.8, 4) is 5.82 Å². The van der Waals surface area contributed by atoms with Crippen LogP contribution < -0.4 is 16.0 Å². The van der Waals surface area contributed by atoms with Crippen LogP contribution in [-0.2, 0) is 22.3 Å². The molecule has 0 saturated heterocycles. The number of carbonyl (C=O) groups excluding carboxylic acids is 1. The van der Waals surface area contributed by atoms with Crippen LogP contribution in [-0.4, -0.2) is 51.7 Å². The van der Waals surface area contributed by atoms with Crippen LogP contribution >= 0.6 is 0 Å². The molecule has 0 bridgehead atoms. The Hall–Kier alpha value is -3.67. The Morgan fingerprint density at radius 2 is 1.92 bits per heavy atom. The fraction of sp³-hybridized carbons (Fsp3) is 0.481. The second kappa shape index (κ2) is 13.4. The zero-order valence-corrected chi connectivity index (χ0v) is 21.9. The van der Waals surface area contributed by atoms with E-state index in [1.807, 2.05) is 0 Å². The monoisotopic (exact) mass is 545 g/mol. The van der Waals surface area contributed by atoms with E-state index < -0.39 is 17.8 Å². The number of imidazole rings is 1. The molecule has 2 heterocycles. The first-order valence-corrected chi connectivity index (χ1v) is 13.1. The molecule has 39 heavy (non-hydrogen) atoms. The number of aromatic nitrogens is 4. The molecule has 210 valence electrons. The van der Waals surface area contributed by atoms with Crippen molar-refractivity contribution in [2.75, 3.05) is 30.9 Å². The van der Waals surface area contributed by atoms with Crippen LogP contribution in [0.4, 0.5) is 24.9 Å². The van der Waals surface area contributed by atoms with Gasteiger partial charge < -0.3 is 20.7 Å². The summed E-state index contributed by atoms with van der Waals surface area (Å²) in [5.41, 5.74) is -0.136. The third-order valence-corrected chi connectivity index (χ3v) is 6.75. The van der Waals surface area contributed by atoms with Crippen molar-refractivity contribution >= 4 is 17.7 Å². The van der Waals surface area contributed by atoms with Gasteiger partial charge in [0.05, 0.1) is 12.2 Å². The third-order valence-electron chi connectivity index (χ3n) is 6.75. The van der Waals surface area contributed by atoms with Crippen LogP contribution in [0.2, 0.25) is 0 Å². The average Bonchev–Trinajstić information content (AvgIpc) is 3.47. The SMILES string of the molecule is COCCNc1nc(NC(CC2CCCCC2)C(=O)NCc2ccc(C(F)(F)F)cc2)cc(-n2ccnc2)n1. The molecule has 9 nitrogen and oxygen atoms in total. The van der Waals surface area contributed by atoms with E-state index in [1.165, 1.54) is 18.6 Å². The molecule has 3 N–H and O–H groups in total. The van der Waals surface area contributed by atoms with E-state index in [0.29, 0.717) is 48.6 Å². The summed E-state index contributed by atoms with van der Waals surface area (Å²) in [5, 5.41) is 9.33. The molecule has 12 heteroatoms. The number of amides is 1. The summed E-state index contributed by atoms with van der Waals surface area (Å²) < 4.78 is 45.5. The number of nitrogens with zero attached hydrogens (tertiary/aromatic N) is 4. The van der Waals surface area contributed by atoms with Crippen LogP contribution in [0.3, 0.4) is 0 Å².